The van der Waals surface area contributed by atoms with Crippen molar-refractivity contribution in [1.29, 1.82) is 0 Å². The van der Waals surface area contributed by atoms with Gasteiger partial charge in [0.2, 0.25) is 0 Å². The van der Waals surface area contributed by atoms with E-state index in [0.29, 0.717) is 5.56 Å². The zero-order valence-electron chi connectivity index (χ0n) is 9.84. The highest BCUT2D eigenvalue weighted by Gasteiger charge is 2.10. The maximum absolute atomic E-state index is 13.2. The van der Waals surface area contributed by atoms with Gasteiger partial charge in [-0.2, -0.15) is 0 Å². The summed E-state index contributed by atoms with van der Waals surface area (Å²) >= 11 is 0. The van der Waals surface area contributed by atoms with E-state index in [-0.39, 0.29) is 0 Å². The van der Waals surface area contributed by atoms with Crippen LogP contribution < -0.4 is 5.32 Å². The van der Waals surface area contributed by atoms with Crippen LogP contribution >= 0.6 is 0 Å². The van der Waals surface area contributed by atoms with Crippen LogP contribution in [-0.2, 0) is 6.42 Å². The number of halogens is 2. The number of hydrogen-bond acceptors (Lipinski definition) is 1. The third-order valence-electron chi connectivity index (χ3n) is 3.24. The average Bonchev–Trinajstić information content (AvgIpc) is 2.37. The van der Waals surface area contributed by atoms with Crippen molar-refractivity contribution in [2.75, 3.05) is 11.9 Å². The van der Waals surface area contributed by atoms with E-state index in [0.717, 1.165) is 36.7 Å². The highest BCUT2D eigenvalue weighted by molar-refractivity contribution is 5.69. The fraction of sp³-hybridized carbons (Fsp3) is 0.200. The molecule has 0 saturated carbocycles. The van der Waals surface area contributed by atoms with E-state index in [1.165, 1.54) is 17.7 Å². The van der Waals surface area contributed by atoms with E-state index < -0.39 is 11.6 Å². The first kappa shape index (κ1) is 11.2. The predicted octanol–water partition coefficient (Wildman–Crippen LogP) is 3.99. The quantitative estimate of drug-likeness (QED) is 0.801. The summed E-state index contributed by atoms with van der Waals surface area (Å²) in [6, 6.07) is 9.50. The normalized spacial score (nSPS) is 13.9. The molecule has 0 atom stereocenters. The number of hydrogen-bond donors (Lipinski definition) is 1. The molecule has 0 bridgehead atoms. The van der Waals surface area contributed by atoms with Gasteiger partial charge in [-0.25, -0.2) is 8.78 Å². The van der Waals surface area contributed by atoms with Crippen LogP contribution in [0, 0.1) is 11.6 Å². The first-order chi connectivity index (χ1) is 8.72. The van der Waals surface area contributed by atoms with Gasteiger partial charge in [0, 0.05) is 18.3 Å². The SMILES string of the molecule is Fc1cc(F)cc(-c2ccc3c(c2)CCCN3)c1. The van der Waals surface area contributed by atoms with Crippen LogP contribution in [0.1, 0.15) is 12.0 Å². The largest absolute Gasteiger partial charge is 0.385 e. The summed E-state index contributed by atoms with van der Waals surface area (Å²) in [6.45, 7) is 0.987. The van der Waals surface area contributed by atoms with Gasteiger partial charge in [-0.15, -0.1) is 0 Å². The second-order valence-corrected chi connectivity index (χ2v) is 4.56. The maximum atomic E-state index is 13.2. The topological polar surface area (TPSA) is 12.0 Å². The molecule has 2 aromatic carbocycles. The summed E-state index contributed by atoms with van der Waals surface area (Å²) in [5, 5.41) is 3.32. The molecule has 0 unspecified atom stereocenters. The summed E-state index contributed by atoms with van der Waals surface area (Å²) in [5.41, 5.74) is 3.78. The van der Waals surface area contributed by atoms with Crippen LogP contribution in [0.25, 0.3) is 11.1 Å². The number of nitrogens with one attached hydrogen (secondary N) is 1. The molecule has 1 N–H and O–H groups in total. The Morgan fingerprint density at radius 2 is 1.67 bits per heavy atom. The summed E-state index contributed by atoms with van der Waals surface area (Å²) in [7, 11) is 0. The smallest absolute Gasteiger partial charge is 0.126 e. The minimum Gasteiger partial charge on any atom is -0.385 e. The van der Waals surface area contributed by atoms with Gasteiger partial charge >= 0.3 is 0 Å². The van der Waals surface area contributed by atoms with Gasteiger partial charge in [0.15, 0.2) is 0 Å². The van der Waals surface area contributed by atoms with Crippen molar-refractivity contribution < 1.29 is 8.78 Å². The van der Waals surface area contributed by atoms with E-state index in [4.69, 9.17) is 0 Å². The first-order valence-electron chi connectivity index (χ1n) is 6.06. The van der Waals surface area contributed by atoms with Crippen molar-refractivity contribution in [3.05, 3.63) is 53.6 Å². The van der Waals surface area contributed by atoms with Crippen molar-refractivity contribution in [2.45, 2.75) is 12.8 Å². The van der Waals surface area contributed by atoms with Crippen LogP contribution in [0.5, 0.6) is 0 Å². The molecule has 1 heterocycles. The number of benzene rings is 2. The Labute approximate surface area is 104 Å². The molecule has 2 aromatic rings. The van der Waals surface area contributed by atoms with Crippen LogP contribution in [-0.4, -0.2) is 6.54 Å². The minimum absolute atomic E-state index is 0.541. The monoisotopic (exact) mass is 245 g/mol. The van der Waals surface area contributed by atoms with Crippen LogP contribution in [0.3, 0.4) is 0 Å². The second-order valence-electron chi connectivity index (χ2n) is 4.56. The zero-order valence-corrected chi connectivity index (χ0v) is 9.84. The molecule has 3 heteroatoms. The van der Waals surface area contributed by atoms with Gasteiger partial charge in [0.05, 0.1) is 0 Å². The molecule has 0 saturated heterocycles. The Morgan fingerprint density at radius 3 is 2.44 bits per heavy atom. The lowest BCUT2D eigenvalue weighted by Crippen LogP contribution is -2.11. The molecule has 92 valence electrons. The van der Waals surface area contributed by atoms with E-state index in [2.05, 4.69) is 5.32 Å². The summed E-state index contributed by atoms with van der Waals surface area (Å²) in [4.78, 5) is 0. The van der Waals surface area contributed by atoms with Crippen molar-refractivity contribution in [2.24, 2.45) is 0 Å². The van der Waals surface area contributed by atoms with Crippen molar-refractivity contribution in [3.8, 4) is 11.1 Å². The van der Waals surface area contributed by atoms with Crippen molar-refractivity contribution in [1.82, 2.24) is 0 Å². The van der Waals surface area contributed by atoms with Gasteiger partial charge in [-0.05, 0) is 53.8 Å². The van der Waals surface area contributed by atoms with Gasteiger partial charge in [-0.3, -0.25) is 0 Å². The molecular formula is C15H13F2N. The molecule has 1 aliphatic heterocycles. The lowest BCUT2D eigenvalue weighted by molar-refractivity contribution is 0.584. The molecule has 0 aromatic heterocycles. The highest BCUT2D eigenvalue weighted by Crippen LogP contribution is 2.29. The van der Waals surface area contributed by atoms with Gasteiger partial charge < -0.3 is 5.32 Å². The van der Waals surface area contributed by atoms with Crippen LogP contribution in [0.2, 0.25) is 0 Å². The summed E-state index contributed by atoms with van der Waals surface area (Å²) in [6.07, 6.45) is 2.10. The lowest BCUT2D eigenvalue weighted by atomic mass is 9.97. The molecule has 0 amide bonds. The van der Waals surface area contributed by atoms with E-state index in [9.17, 15) is 8.78 Å². The third kappa shape index (κ3) is 2.08. The Hall–Kier alpha value is -1.90. The van der Waals surface area contributed by atoms with Crippen molar-refractivity contribution >= 4 is 5.69 Å². The Morgan fingerprint density at radius 1 is 0.889 bits per heavy atom. The molecular weight excluding hydrogens is 232 g/mol. The number of rotatable bonds is 1. The van der Waals surface area contributed by atoms with Gasteiger partial charge in [-0.1, -0.05) is 6.07 Å². The minimum atomic E-state index is -0.541. The third-order valence-corrected chi connectivity index (χ3v) is 3.24. The fourth-order valence-corrected chi connectivity index (χ4v) is 2.37. The molecule has 1 aliphatic rings. The Kier molecular flexibility index (Phi) is 2.74. The number of anilines is 1. The molecule has 0 aliphatic carbocycles. The molecule has 0 radical (unpaired) electrons. The van der Waals surface area contributed by atoms with Crippen LogP contribution in [0.4, 0.5) is 14.5 Å². The molecule has 18 heavy (non-hydrogen) atoms. The number of aryl methyl sites for hydroxylation is 1. The highest BCUT2D eigenvalue weighted by atomic mass is 19.1. The Balaban J connectivity index is 2.06. The predicted molar refractivity (Wildman–Crippen MR) is 68.6 cm³/mol. The van der Waals surface area contributed by atoms with Gasteiger partial charge in [0.1, 0.15) is 11.6 Å². The first-order valence-corrected chi connectivity index (χ1v) is 6.06. The van der Waals surface area contributed by atoms with Crippen molar-refractivity contribution in [3.63, 3.8) is 0 Å². The van der Waals surface area contributed by atoms with E-state index >= 15 is 0 Å². The molecule has 1 nitrogen and oxygen atoms in total. The summed E-state index contributed by atoms with van der Waals surface area (Å²) in [5.74, 6) is -1.08. The molecule has 0 fully saturated rings. The van der Waals surface area contributed by atoms with E-state index in [1.54, 1.807) is 0 Å². The zero-order chi connectivity index (χ0) is 12.5. The van der Waals surface area contributed by atoms with Crippen LogP contribution in [0.15, 0.2) is 36.4 Å². The molecule has 0 spiro atoms. The fourth-order valence-electron chi connectivity index (χ4n) is 2.37. The maximum Gasteiger partial charge on any atom is 0.126 e. The average molecular weight is 245 g/mol. The second kappa shape index (κ2) is 4.41. The standard InChI is InChI=1S/C15H13F2N/c16-13-7-12(8-14(17)9-13)10-3-4-15-11(6-10)2-1-5-18-15/h3-4,6-9,18H,1-2,5H2. The summed E-state index contributed by atoms with van der Waals surface area (Å²) < 4.78 is 26.4. The number of fused-ring (bicyclic) bond motifs is 1. The Bertz CT molecular complexity index is 573. The lowest BCUT2D eigenvalue weighted by Gasteiger charge is -2.18. The van der Waals surface area contributed by atoms with Gasteiger partial charge in [0.25, 0.3) is 0 Å². The van der Waals surface area contributed by atoms with E-state index in [1.807, 2.05) is 18.2 Å². The molecule has 3 rings (SSSR count).